The number of hydrogen-bond donors (Lipinski definition) is 1. The van der Waals surface area contributed by atoms with Gasteiger partial charge in [-0.2, -0.15) is 0 Å². The van der Waals surface area contributed by atoms with Crippen LogP contribution in [0.4, 0.5) is 9.59 Å². The van der Waals surface area contributed by atoms with Gasteiger partial charge in [-0.1, -0.05) is 12.8 Å². The van der Waals surface area contributed by atoms with Gasteiger partial charge >= 0.3 is 31.2 Å². The maximum absolute atomic E-state index is 13.6. The smallest absolute Gasteiger partial charge is 0.457 e. The average Bonchev–Trinajstić information content (AvgIpc) is 3.30. The van der Waals surface area contributed by atoms with E-state index in [9.17, 15) is 24.3 Å². The van der Waals surface area contributed by atoms with Crippen molar-refractivity contribution in [3.63, 3.8) is 0 Å². The van der Waals surface area contributed by atoms with Crippen molar-refractivity contribution >= 4 is 31.2 Å². The van der Waals surface area contributed by atoms with E-state index in [1.165, 1.54) is 9.80 Å². The molecule has 2 fully saturated rings. The van der Waals surface area contributed by atoms with Gasteiger partial charge in [0.1, 0.15) is 22.3 Å². The summed E-state index contributed by atoms with van der Waals surface area (Å²) in [7, 11) is -0.420. The second-order valence-electron chi connectivity index (χ2n) is 16.6. The van der Waals surface area contributed by atoms with Crippen molar-refractivity contribution in [2.75, 3.05) is 13.1 Å². The number of amides is 2. The number of nitrogens with zero attached hydrogens (tertiary/aromatic N) is 2. The number of carbonyl (C=O) groups excluding carboxylic acids is 3. The highest BCUT2D eigenvalue weighted by Crippen LogP contribution is 2.41. The summed E-state index contributed by atoms with van der Waals surface area (Å²) in [6, 6.07) is -0.694. The van der Waals surface area contributed by atoms with Crippen molar-refractivity contribution in [3.8, 4) is 0 Å². The van der Waals surface area contributed by atoms with Gasteiger partial charge in [-0.3, -0.25) is 9.69 Å². The fraction of sp³-hybridized carbons (Fsp3) is 0.879. The van der Waals surface area contributed by atoms with E-state index in [0.717, 1.165) is 0 Å². The fourth-order valence-corrected chi connectivity index (χ4v) is 5.61. The first-order chi connectivity index (χ1) is 20.7. The standard InChI is InChI=1S/C33H59BN2O10/c1-28(2,3)42-24(37)17-16-20-35(26(40)43-29(4,5)6)23-21-33(25(38)39,36(22-23)27(41)44-30(7,8)9)18-14-15-19-34-45-31(10,11)32(12,13)46-34/h23H,14-22H2,1-13H3,(H,38,39)/t23-,33+/m1/s1. The highest BCUT2D eigenvalue weighted by atomic mass is 16.7. The Morgan fingerprint density at radius 3 is 1.83 bits per heavy atom. The van der Waals surface area contributed by atoms with Crippen molar-refractivity contribution in [3.05, 3.63) is 0 Å². The lowest BCUT2D eigenvalue weighted by Crippen LogP contribution is -2.54. The number of rotatable bonds is 11. The van der Waals surface area contributed by atoms with Gasteiger partial charge in [0.15, 0.2) is 0 Å². The number of likely N-dealkylation sites (tertiary alicyclic amines) is 1. The normalized spacial score (nSPS) is 22.8. The fourth-order valence-electron chi connectivity index (χ4n) is 5.61. The largest absolute Gasteiger partial charge is 0.479 e. The molecule has 0 saturated carbocycles. The summed E-state index contributed by atoms with van der Waals surface area (Å²) in [6.45, 7) is 23.7. The summed E-state index contributed by atoms with van der Waals surface area (Å²) in [5, 5.41) is 10.7. The van der Waals surface area contributed by atoms with Crippen LogP contribution in [0.25, 0.3) is 0 Å². The minimum absolute atomic E-state index is 0.0241. The van der Waals surface area contributed by atoms with Crippen LogP contribution in [0, 0.1) is 0 Å². The Hall–Kier alpha value is -2.54. The summed E-state index contributed by atoms with van der Waals surface area (Å²) in [5.74, 6) is -1.57. The van der Waals surface area contributed by atoms with Crippen LogP contribution in [0.3, 0.4) is 0 Å². The van der Waals surface area contributed by atoms with E-state index in [0.29, 0.717) is 19.2 Å². The van der Waals surface area contributed by atoms with Gasteiger partial charge in [0.05, 0.1) is 17.2 Å². The van der Waals surface area contributed by atoms with Gasteiger partial charge in [0.2, 0.25) is 0 Å². The molecular formula is C33H59BN2O10. The third kappa shape index (κ3) is 11.0. The minimum atomic E-state index is -1.63. The molecule has 2 aliphatic heterocycles. The zero-order valence-electron chi connectivity index (χ0n) is 30.5. The number of carbonyl (C=O) groups is 4. The quantitative estimate of drug-likeness (QED) is 0.115. The van der Waals surface area contributed by atoms with Gasteiger partial charge in [-0.15, -0.1) is 0 Å². The number of ether oxygens (including phenoxy) is 3. The van der Waals surface area contributed by atoms with Crippen LogP contribution in [0.5, 0.6) is 0 Å². The van der Waals surface area contributed by atoms with Crippen LogP contribution < -0.4 is 0 Å². The average molecular weight is 655 g/mol. The minimum Gasteiger partial charge on any atom is -0.479 e. The first-order valence-corrected chi connectivity index (χ1v) is 16.5. The van der Waals surface area contributed by atoms with Crippen LogP contribution in [0.15, 0.2) is 0 Å². The second kappa shape index (κ2) is 14.3. The molecule has 0 aliphatic carbocycles. The third-order valence-electron chi connectivity index (χ3n) is 8.35. The van der Waals surface area contributed by atoms with E-state index in [4.69, 9.17) is 23.5 Å². The van der Waals surface area contributed by atoms with E-state index >= 15 is 0 Å². The summed E-state index contributed by atoms with van der Waals surface area (Å²) >= 11 is 0. The predicted molar refractivity (Wildman–Crippen MR) is 174 cm³/mol. The van der Waals surface area contributed by atoms with Crippen molar-refractivity contribution < 1.29 is 47.8 Å². The van der Waals surface area contributed by atoms with Crippen LogP contribution in [0.2, 0.25) is 6.32 Å². The summed E-state index contributed by atoms with van der Waals surface area (Å²) in [6.07, 6.45) is 0.661. The number of hydrogen-bond acceptors (Lipinski definition) is 9. The maximum atomic E-state index is 13.6. The van der Waals surface area contributed by atoms with Gasteiger partial charge < -0.3 is 33.5 Å². The molecule has 0 bridgehead atoms. The van der Waals surface area contributed by atoms with Crippen LogP contribution in [0.1, 0.15) is 129 Å². The molecule has 0 spiro atoms. The number of carboxylic acids is 1. The Morgan fingerprint density at radius 1 is 0.826 bits per heavy atom. The van der Waals surface area contributed by atoms with Crippen molar-refractivity contribution in [1.29, 1.82) is 0 Å². The zero-order valence-corrected chi connectivity index (χ0v) is 30.5. The molecular weight excluding hydrogens is 595 g/mol. The molecule has 46 heavy (non-hydrogen) atoms. The SMILES string of the molecule is CC(C)(C)OC(=O)CCCN(C(=O)OC(C)(C)C)[C@H]1CN(C(=O)OC(C)(C)C)[C@](CCCCB2OC(C)(C)C(C)(C)O2)(C(=O)O)C1. The van der Waals surface area contributed by atoms with Gasteiger partial charge in [0.25, 0.3) is 0 Å². The lowest BCUT2D eigenvalue weighted by Gasteiger charge is -2.35. The monoisotopic (exact) mass is 654 g/mol. The van der Waals surface area contributed by atoms with Crippen LogP contribution in [-0.4, -0.2) is 98.8 Å². The molecule has 0 aromatic carbocycles. The summed E-state index contributed by atoms with van der Waals surface area (Å²) < 4.78 is 29.0. The zero-order chi connectivity index (χ0) is 35.5. The molecule has 0 aromatic rings. The highest BCUT2D eigenvalue weighted by Gasteiger charge is 2.56. The summed E-state index contributed by atoms with van der Waals surface area (Å²) in [5.41, 5.74) is -4.91. The molecule has 2 amide bonds. The van der Waals surface area contributed by atoms with Gasteiger partial charge in [0, 0.05) is 25.9 Å². The molecule has 13 heteroatoms. The Morgan fingerprint density at radius 2 is 1.35 bits per heavy atom. The van der Waals surface area contributed by atoms with Crippen LogP contribution in [-0.2, 0) is 33.1 Å². The lowest BCUT2D eigenvalue weighted by molar-refractivity contribution is -0.155. The Kier molecular flexibility index (Phi) is 12.3. The van der Waals surface area contributed by atoms with Crippen LogP contribution >= 0.6 is 0 Å². The predicted octanol–water partition coefficient (Wildman–Crippen LogP) is 6.44. The van der Waals surface area contributed by atoms with Crippen molar-refractivity contribution in [2.24, 2.45) is 0 Å². The van der Waals surface area contributed by atoms with E-state index in [-0.39, 0.29) is 38.8 Å². The Balaban J connectivity index is 2.32. The second-order valence-corrected chi connectivity index (χ2v) is 16.6. The molecule has 0 unspecified atom stereocenters. The summed E-state index contributed by atoms with van der Waals surface area (Å²) in [4.78, 5) is 55.4. The molecule has 2 heterocycles. The van der Waals surface area contributed by atoms with Crippen molar-refractivity contribution in [1.82, 2.24) is 9.80 Å². The molecule has 2 atom stereocenters. The molecule has 264 valence electrons. The van der Waals surface area contributed by atoms with Gasteiger partial charge in [-0.05, 0) is 109 Å². The highest BCUT2D eigenvalue weighted by molar-refractivity contribution is 6.45. The first kappa shape index (κ1) is 39.6. The Bertz CT molecular complexity index is 1090. The van der Waals surface area contributed by atoms with E-state index in [1.807, 2.05) is 27.7 Å². The maximum Gasteiger partial charge on any atom is 0.457 e. The third-order valence-corrected chi connectivity index (χ3v) is 8.35. The van der Waals surface area contributed by atoms with Crippen molar-refractivity contribution in [2.45, 2.75) is 174 Å². The molecule has 0 radical (unpaired) electrons. The molecule has 2 rings (SSSR count). The van der Waals surface area contributed by atoms with E-state index in [2.05, 4.69) is 0 Å². The lowest BCUT2D eigenvalue weighted by atomic mass is 9.80. The number of esters is 1. The molecule has 12 nitrogen and oxygen atoms in total. The Labute approximate surface area is 276 Å². The van der Waals surface area contributed by atoms with Gasteiger partial charge in [-0.25, -0.2) is 14.4 Å². The van der Waals surface area contributed by atoms with E-state index in [1.54, 1.807) is 62.3 Å². The molecule has 2 saturated heterocycles. The molecule has 2 aliphatic rings. The molecule has 1 N–H and O–H groups in total. The molecule has 0 aromatic heterocycles. The topological polar surface area (TPSA) is 141 Å². The first-order valence-electron chi connectivity index (χ1n) is 16.5. The number of carboxylic acid groups (broad SMARTS) is 1. The number of aliphatic carboxylic acids is 1. The van der Waals surface area contributed by atoms with E-state index < -0.39 is 70.8 Å². The number of unbranched alkanes of at least 4 members (excludes halogenated alkanes) is 1.